The molecular weight excluding hydrogens is 164 g/mol. The molecule has 2 nitrogen and oxygen atoms in total. The second kappa shape index (κ2) is 2.73. The second-order valence-corrected chi connectivity index (χ2v) is 3.12. The minimum atomic E-state index is 0.138. The average Bonchev–Trinajstić information content (AvgIpc) is 2.42. The maximum atomic E-state index is 11.4. The number of hydrogen-bond acceptors (Lipinski definition) is 2. The maximum Gasteiger partial charge on any atom is 0.167 e. The fraction of sp³-hybridized carbons (Fsp3) is 0.182. The van der Waals surface area contributed by atoms with Crippen LogP contribution in [0.4, 0.5) is 0 Å². The van der Waals surface area contributed by atoms with E-state index in [1.54, 1.807) is 13.2 Å². The van der Waals surface area contributed by atoms with Crippen molar-refractivity contribution in [3.63, 3.8) is 0 Å². The maximum absolute atomic E-state index is 11.4. The summed E-state index contributed by atoms with van der Waals surface area (Å²) in [6.07, 6.45) is 0.447. The molecule has 0 fully saturated rings. The summed E-state index contributed by atoms with van der Waals surface area (Å²) in [6, 6.07) is 5.51. The van der Waals surface area contributed by atoms with E-state index in [1.807, 2.05) is 12.1 Å². The first-order chi connectivity index (χ1) is 6.22. The molecule has 0 spiro atoms. The summed E-state index contributed by atoms with van der Waals surface area (Å²) in [5, 5.41) is 0. The third kappa shape index (κ3) is 1.15. The predicted molar refractivity (Wildman–Crippen MR) is 51.0 cm³/mol. The molecule has 1 aromatic carbocycles. The van der Waals surface area contributed by atoms with Gasteiger partial charge in [-0.05, 0) is 23.3 Å². The number of hydrogen-bond donors (Lipinski definition) is 0. The molecule has 1 aliphatic rings. The van der Waals surface area contributed by atoms with Crippen molar-refractivity contribution in [3.8, 4) is 5.75 Å². The molecule has 66 valence electrons. The Bertz CT molecular complexity index is 391. The molecule has 2 rings (SSSR count). The van der Waals surface area contributed by atoms with Crippen LogP contribution in [0.25, 0.3) is 5.57 Å². The Morgan fingerprint density at radius 2 is 2.15 bits per heavy atom. The summed E-state index contributed by atoms with van der Waals surface area (Å²) >= 11 is 0. The lowest BCUT2D eigenvalue weighted by atomic mass is 10.1. The molecule has 0 saturated carbocycles. The molecule has 0 bridgehead atoms. The molecule has 2 heteroatoms. The normalized spacial score (nSPS) is 14.5. The Kier molecular flexibility index (Phi) is 1.69. The van der Waals surface area contributed by atoms with E-state index in [0.29, 0.717) is 6.42 Å². The standard InChI is InChI=1S/C11H10O2/c1-7-5-11(12)10-6-8(13-2)3-4-9(7)10/h3-4,6H,1,5H2,2H3. The fourth-order valence-corrected chi connectivity index (χ4v) is 1.57. The number of fused-ring (bicyclic) bond motifs is 1. The molecule has 0 radical (unpaired) electrons. The predicted octanol–water partition coefficient (Wildman–Crippen LogP) is 2.29. The van der Waals surface area contributed by atoms with Crippen molar-refractivity contribution in [2.75, 3.05) is 7.11 Å². The van der Waals surface area contributed by atoms with Gasteiger partial charge in [0.15, 0.2) is 5.78 Å². The van der Waals surface area contributed by atoms with Crippen LogP contribution in [0.2, 0.25) is 0 Å². The smallest absolute Gasteiger partial charge is 0.167 e. The number of carbonyl (C=O) groups excluding carboxylic acids is 1. The Labute approximate surface area is 76.8 Å². The van der Waals surface area contributed by atoms with E-state index < -0.39 is 0 Å². The molecule has 0 saturated heterocycles. The summed E-state index contributed by atoms with van der Waals surface area (Å²) in [5.74, 6) is 0.862. The van der Waals surface area contributed by atoms with Gasteiger partial charge in [0.2, 0.25) is 0 Å². The molecule has 0 atom stereocenters. The largest absolute Gasteiger partial charge is 0.497 e. The molecular formula is C11H10O2. The quantitative estimate of drug-likeness (QED) is 0.653. The van der Waals surface area contributed by atoms with Crippen LogP contribution >= 0.6 is 0 Å². The van der Waals surface area contributed by atoms with Gasteiger partial charge in [-0.25, -0.2) is 0 Å². The second-order valence-electron chi connectivity index (χ2n) is 3.12. The third-order valence-corrected chi connectivity index (χ3v) is 2.28. The molecule has 0 amide bonds. The Morgan fingerprint density at radius 1 is 1.38 bits per heavy atom. The van der Waals surface area contributed by atoms with Gasteiger partial charge in [-0.2, -0.15) is 0 Å². The SMILES string of the molecule is C=C1CC(=O)c2cc(OC)ccc21. The summed E-state index contributed by atoms with van der Waals surface area (Å²) in [7, 11) is 1.59. The highest BCUT2D eigenvalue weighted by molar-refractivity contribution is 6.11. The van der Waals surface area contributed by atoms with Gasteiger partial charge in [0, 0.05) is 12.0 Å². The molecule has 0 unspecified atom stereocenters. The van der Waals surface area contributed by atoms with E-state index in [1.165, 1.54) is 0 Å². The average molecular weight is 174 g/mol. The zero-order chi connectivity index (χ0) is 9.42. The summed E-state index contributed by atoms with van der Waals surface area (Å²) in [5.41, 5.74) is 2.61. The minimum absolute atomic E-state index is 0.138. The molecule has 0 aromatic heterocycles. The van der Waals surface area contributed by atoms with Crippen molar-refractivity contribution in [2.45, 2.75) is 6.42 Å². The van der Waals surface area contributed by atoms with Crippen LogP contribution in [0, 0.1) is 0 Å². The highest BCUT2D eigenvalue weighted by atomic mass is 16.5. The highest BCUT2D eigenvalue weighted by Crippen LogP contribution is 2.32. The van der Waals surface area contributed by atoms with Crippen LogP contribution < -0.4 is 4.74 Å². The van der Waals surface area contributed by atoms with E-state index in [0.717, 1.165) is 22.4 Å². The molecule has 13 heavy (non-hydrogen) atoms. The Hall–Kier alpha value is -1.57. The van der Waals surface area contributed by atoms with Gasteiger partial charge in [0.25, 0.3) is 0 Å². The molecule has 0 heterocycles. The van der Waals surface area contributed by atoms with Crippen molar-refractivity contribution < 1.29 is 9.53 Å². The minimum Gasteiger partial charge on any atom is -0.497 e. The lowest BCUT2D eigenvalue weighted by Gasteiger charge is -2.02. The highest BCUT2D eigenvalue weighted by Gasteiger charge is 2.22. The van der Waals surface area contributed by atoms with Gasteiger partial charge >= 0.3 is 0 Å². The Balaban J connectivity index is 2.58. The zero-order valence-corrected chi connectivity index (χ0v) is 7.46. The molecule has 0 aliphatic heterocycles. The Morgan fingerprint density at radius 3 is 2.85 bits per heavy atom. The number of methoxy groups -OCH3 is 1. The van der Waals surface area contributed by atoms with Crippen molar-refractivity contribution >= 4 is 11.4 Å². The topological polar surface area (TPSA) is 26.3 Å². The van der Waals surface area contributed by atoms with Crippen LogP contribution in [0.15, 0.2) is 24.8 Å². The van der Waals surface area contributed by atoms with Gasteiger partial charge in [0.05, 0.1) is 7.11 Å². The lowest BCUT2D eigenvalue weighted by molar-refractivity contribution is 0.100. The van der Waals surface area contributed by atoms with Crippen molar-refractivity contribution in [3.05, 3.63) is 35.9 Å². The van der Waals surface area contributed by atoms with Crippen LogP contribution in [0.1, 0.15) is 22.3 Å². The van der Waals surface area contributed by atoms with Gasteiger partial charge in [-0.1, -0.05) is 12.6 Å². The van der Waals surface area contributed by atoms with Gasteiger partial charge < -0.3 is 4.74 Å². The van der Waals surface area contributed by atoms with E-state index >= 15 is 0 Å². The number of rotatable bonds is 1. The number of benzene rings is 1. The first kappa shape index (κ1) is 8.05. The van der Waals surface area contributed by atoms with Crippen LogP contribution in [-0.4, -0.2) is 12.9 Å². The zero-order valence-electron chi connectivity index (χ0n) is 7.46. The van der Waals surface area contributed by atoms with E-state index in [2.05, 4.69) is 6.58 Å². The van der Waals surface area contributed by atoms with E-state index in [4.69, 9.17) is 4.74 Å². The molecule has 0 N–H and O–H groups in total. The van der Waals surface area contributed by atoms with E-state index in [-0.39, 0.29) is 5.78 Å². The molecule has 1 aromatic rings. The van der Waals surface area contributed by atoms with Crippen LogP contribution in [-0.2, 0) is 0 Å². The first-order valence-electron chi connectivity index (χ1n) is 4.12. The fourth-order valence-electron chi connectivity index (χ4n) is 1.57. The van der Waals surface area contributed by atoms with E-state index in [9.17, 15) is 4.79 Å². The lowest BCUT2D eigenvalue weighted by Crippen LogP contribution is -1.92. The van der Waals surface area contributed by atoms with Gasteiger partial charge in [-0.3, -0.25) is 4.79 Å². The van der Waals surface area contributed by atoms with Gasteiger partial charge in [-0.15, -0.1) is 0 Å². The third-order valence-electron chi connectivity index (χ3n) is 2.28. The number of carbonyl (C=O) groups is 1. The van der Waals surface area contributed by atoms with Gasteiger partial charge in [0.1, 0.15) is 5.75 Å². The van der Waals surface area contributed by atoms with Crippen molar-refractivity contribution in [2.24, 2.45) is 0 Å². The summed E-state index contributed by atoms with van der Waals surface area (Å²) < 4.78 is 5.04. The number of Topliss-reactive ketones (excluding diaryl/α,β-unsaturated/α-hetero) is 1. The number of allylic oxidation sites excluding steroid dienone is 1. The van der Waals surface area contributed by atoms with Crippen LogP contribution in [0.3, 0.4) is 0 Å². The number of ether oxygens (including phenoxy) is 1. The van der Waals surface area contributed by atoms with Crippen molar-refractivity contribution in [1.29, 1.82) is 0 Å². The number of ketones is 1. The monoisotopic (exact) mass is 174 g/mol. The molecule has 1 aliphatic carbocycles. The van der Waals surface area contributed by atoms with Crippen molar-refractivity contribution in [1.82, 2.24) is 0 Å². The summed E-state index contributed by atoms with van der Waals surface area (Å²) in [4.78, 5) is 11.4. The first-order valence-corrected chi connectivity index (χ1v) is 4.12. The van der Waals surface area contributed by atoms with Crippen LogP contribution in [0.5, 0.6) is 5.75 Å². The summed E-state index contributed by atoms with van der Waals surface area (Å²) in [6.45, 7) is 3.84.